The lowest BCUT2D eigenvalue weighted by Crippen LogP contribution is -2.56. The smallest absolute Gasteiger partial charge is 0.113 e. The minimum absolute atomic E-state index is 0.0699. The van der Waals surface area contributed by atoms with Crippen LogP contribution in [0.15, 0.2) is 114 Å². The maximum atomic E-state index is 7.09. The number of benzene rings is 4. The highest BCUT2D eigenvalue weighted by molar-refractivity contribution is 7.99. The van der Waals surface area contributed by atoms with Gasteiger partial charge in [0.15, 0.2) is 0 Å². The molecule has 0 aromatic heterocycles. The fourth-order valence-electron chi connectivity index (χ4n) is 6.48. The van der Waals surface area contributed by atoms with Crippen LogP contribution in [-0.4, -0.2) is 30.7 Å². The van der Waals surface area contributed by atoms with Gasteiger partial charge in [-0.1, -0.05) is 129 Å². The van der Waals surface area contributed by atoms with Gasteiger partial charge >= 0.3 is 0 Å². The Hall–Kier alpha value is -2.93. The van der Waals surface area contributed by atoms with Gasteiger partial charge in [-0.05, 0) is 46.7 Å². The van der Waals surface area contributed by atoms with Gasteiger partial charge in [0.25, 0.3) is 0 Å². The summed E-state index contributed by atoms with van der Waals surface area (Å²) in [5.74, 6) is 1.09. The van der Waals surface area contributed by atoms with Crippen LogP contribution in [0, 0.1) is 5.92 Å². The summed E-state index contributed by atoms with van der Waals surface area (Å²) in [6, 6.07) is 38.2. The lowest BCUT2D eigenvalue weighted by Gasteiger charge is -2.48. The molecule has 2 heterocycles. The number of rotatable bonds is 15. The molecular weight excluding hydrogens is 577 g/mol. The molecule has 0 amide bonds. The highest BCUT2D eigenvalue weighted by Crippen LogP contribution is 2.49. The average Bonchev–Trinajstić information content (AvgIpc) is 3.09. The Balaban J connectivity index is 1.28. The Morgan fingerprint density at radius 1 is 0.667 bits per heavy atom. The predicted molar refractivity (Wildman–Crippen MR) is 182 cm³/mol. The first-order valence-electron chi connectivity index (χ1n) is 16.6. The van der Waals surface area contributed by atoms with E-state index in [1.54, 1.807) is 0 Å². The number of fused-ring (bicyclic) bond motifs is 3. The first-order chi connectivity index (χ1) is 22.3. The van der Waals surface area contributed by atoms with E-state index in [4.69, 9.17) is 18.9 Å². The van der Waals surface area contributed by atoms with Crippen LogP contribution in [-0.2, 0) is 45.2 Å². The van der Waals surface area contributed by atoms with Gasteiger partial charge in [0.2, 0.25) is 0 Å². The van der Waals surface area contributed by atoms with Crippen molar-refractivity contribution < 1.29 is 18.9 Å². The van der Waals surface area contributed by atoms with Crippen LogP contribution >= 0.6 is 11.8 Å². The van der Waals surface area contributed by atoms with E-state index in [1.165, 1.54) is 41.7 Å². The molecule has 0 N–H and O–H groups in total. The number of thioether (sulfide) groups is 1. The number of hydrogen-bond acceptors (Lipinski definition) is 5. The Labute approximate surface area is 273 Å². The van der Waals surface area contributed by atoms with Crippen LogP contribution in [0.2, 0.25) is 0 Å². The molecule has 2 aliphatic heterocycles. The number of unbranched alkanes of at least 4 members (excludes halogenated alkanes) is 3. The minimum Gasteiger partial charge on any atom is -0.374 e. The van der Waals surface area contributed by atoms with E-state index in [1.807, 2.05) is 23.9 Å². The van der Waals surface area contributed by atoms with Gasteiger partial charge < -0.3 is 18.9 Å². The third kappa shape index (κ3) is 8.66. The van der Waals surface area contributed by atoms with Crippen molar-refractivity contribution in [1.29, 1.82) is 0 Å². The molecule has 5 atom stereocenters. The first kappa shape index (κ1) is 32.0. The van der Waals surface area contributed by atoms with Crippen molar-refractivity contribution in [2.75, 3.05) is 12.4 Å². The third-order valence-corrected chi connectivity index (χ3v) is 10.2. The zero-order valence-corrected chi connectivity index (χ0v) is 27.2. The van der Waals surface area contributed by atoms with E-state index in [-0.39, 0.29) is 30.3 Å². The summed E-state index contributed by atoms with van der Waals surface area (Å²) in [5, 5.41) is 0. The molecule has 236 valence electrons. The predicted octanol–water partition coefficient (Wildman–Crippen LogP) is 9.36. The minimum atomic E-state index is -0.274. The lowest BCUT2D eigenvalue weighted by molar-refractivity contribution is -0.244. The summed E-state index contributed by atoms with van der Waals surface area (Å²) < 4.78 is 27.1. The molecule has 0 unspecified atom stereocenters. The fraction of sp³-hybridized carbons (Fsp3) is 0.400. The summed E-state index contributed by atoms with van der Waals surface area (Å²) in [4.78, 5) is 1.32. The first-order valence-corrected chi connectivity index (χ1v) is 17.6. The number of hydrogen-bond donors (Lipinski definition) is 0. The van der Waals surface area contributed by atoms with Gasteiger partial charge in [-0.15, -0.1) is 11.8 Å². The van der Waals surface area contributed by atoms with E-state index >= 15 is 0 Å². The molecule has 1 fully saturated rings. The van der Waals surface area contributed by atoms with Crippen molar-refractivity contribution in [2.45, 2.75) is 88.2 Å². The fourth-order valence-corrected chi connectivity index (χ4v) is 7.73. The van der Waals surface area contributed by atoms with Gasteiger partial charge in [0.1, 0.15) is 12.2 Å². The zero-order chi connectivity index (χ0) is 30.7. The van der Waals surface area contributed by atoms with Crippen molar-refractivity contribution in [3.63, 3.8) is 0 Å². The molecule has 1 saturated heterocycles. The summed E-state index contributed by atoms with van der Waals surface area (Å²) in [7, 11) is 0. The highest BCUT2D eigenvalue weighted by atomic mass is 32.2. The SMILES string of the molecule is CCCCCCc1ccc2c(c1)[C@H]1O[C@H](COCc3ccccc3)[C@@H](OCc3ccccc3)[C@H](OCc3ccccc3)[C@H]1CS2. The molecule has 0 aliphatic carbocycles. The summed E-state index contributed by atoms with van der Waals surface area (Å²) >= 11 is 1.93. The van der Waals surface area contributed by atoms with Crippen molar-refractivity contribution in [3.8, 4) is 0 Å². The topological polar surface area (TPSA) is 36.9 Å². The summed E-state index contributed by atoms with van der Waals surface area (Å²) in [6.45, 7) is 4.26. The third-order valence-electron chi connectivity index (χ3n) is 8.92. The molecular formula is C40H46O4S. The number of aryl methyl sites for hydroxylation is 1. The molecule has 2 aliphatic rings. The van der Waals surface area contributed by atoms with Crippen LogP contribution in [0.4, 0.5) is 0 Å². The average molecular weight is 623 g/mol. The highest BCUT2D eigenvalue weighted by Gasteiger charge is 2.50. The molecule has 4 aromatic carbocycles. The molecule has 4 nitrogen and oxygen atoms in total. The van der Waals surface area contributed by atoms with Crippen LogP contribution in [0.5, 0.6) is 0 Å². The lowest BCUT2D eigenvalue weighted by atomic mass is 9.83. The van der Waals surface area contributed by atoms with Gasteiger partial charge in [-0.2, -0.15) is 0 Å². The van der Waals surface area contributed by atoms with Gasteiger partial charge in [-0.25, -0.2) is 0 Å². The van der Waals surface area contributed by atoms with Crippen LogP contribution in [0.3, 0.4) is 0 Å². The molecule has 0 saturated carbocycles. The summed E-state index contributed by atoms with van der Waals surface area (Å²) in [6.07, 6.45) is 5.40. The molecule has 0 spiro atoms. The Morgan fingerprint density at radius 2 is 1.29 bits per heavy atom. The van der Waals surface area contributed by atoms with Gasteiger partial charge in [-0.3, -0.25) is 0 Å². The largest absolute Gasteiger partial charge is 0.374 e. The molecule has 0 radical (unpaired) electrons. The van der Waals surface area contributed by atoms with Crippen molar-refractivity contribution in [2.24, 2.45) is 5.92 Å². The van der Waals surface area contributed by atoms with Crippen molar-refractivity contribution in [1.82, 2.24) is 0 Å². The quantitative estimate of drug-likeness (QED) is 0.124. The summed E-state index contributed by atoms with van der Waals surface area (Å²) in [5.41, 5.74) is 6.15. The molecule has 0 bridgehead atoms. The zero-order valence-electron chi connectivity index (χ0n) is 26.4. The standard InChI is InChI=1S/C40H46O4S/c1-2-3-4-8-15-30-22-23-37-34(24-30)38-35(29-45-37)39(42-26-32-18-11-6-12-19-32)40(43-27-33-20-13-7-14-21-33)36(44-38)28-41-25-31-16-9-5-10-17-31/h5-7,9-14,16-24,35-36,38-40H,2-4,8,15,25-29H2,1H3/t35-,36+,38+,39+,40+/m0/s1. The van der Waals surface area contributed by atoms with E-state index in [0.29, 0.717) is 26.4 Å². The van der Waals surface area contributed by atoms with Crippen molar-refractivity contribution >= 4 is 11.8 Å². The van der Waals surface area contributed by atoms with Crippen LogP contribution in [0.25, 0.3) is 0 Å². The second kappa shape index (κ2) is 16.6. The van der Waals surface area contributed by atoms with E-state index in [2.05, 4.69) is 104 Å². The molecule has 5 heteroatoms. The second-order valence-corrected chi connectivity index (χ2v) is 13.3. The maximum absolute atomic E-state index is 7.09. The maximum Gasteiger partial charge on any atom is 0.113 e. The molecule has 6 rings (SSSR count). The Kier molecular flexibility index (Phi) is 11.8. The van der Waals surface area contributed by atoms with Crippen LogP contribution in [0.1, 0.15) is 66.5 Å². The molecule has 45 heavy (non-hydrogen) atoms. The number of ether oxygens (including phenoxy) is 4. The van der Waals surface area contributed by atoms with E-state index in [9.17, 15) is 0 Å². The Bertz CT molecular complexity index is 1430. The normalized spacial score (nSPS) is 22.5. The second-order valence-electron chi connectivity index (χ2n) is 12.3. The Morgan fingerprint density at radius 3 is 1.93 bits per heavy atom. The molecule has 4 aromatic rings. The van der Waals surface area contributed by atoms with Crippen molar-refractivity contribution in [3.05, 3.63) is 137 Å². The monoisotopic (exact) mass is 622 g/mol. The van der Waals surface area contributed by atoms with Gasteiger partial charge in [0.05, 0.1) is 38.6 Å². The van der Waals surface area contributed by atoms with E-state index in [0.717, 1.165) is 28.9 Å². The van der Waals surface area contributed by atoms with E-state index < -0.39 is 0 Å². The van der Waals surface area contributed by atoms with Gasteiger partial charge in [0, 0.05) is 16.6 Å². The van der Waals surface area contributed by atoms with Crippen LogP contribution < -0.4 is 0 Å².